The van der Waals surface area contributed by atoms with Crippen molar-refractivity contribution in [2.24, 2.45) is 15.2 Å². The molecule has 0 radical (unpaired) electrons. The van der Waals surface area contributed by atoms with Gasteiger partial charge in [-0.15, -0.1) is 10.2 Å². The number of hydrogen-bond acceptors (Lipinski definition) is 4. The van der Waals surface area contributed by atoms with E-state index in [2.05, 4.69) is 27.4 Å². The van der Waals surface area contributed by atoms with Gasteiger partial charge >= 0.3 is 0 Å². The molecule has 0 bridgehead atoms. The van der Waals surface area contributed by atoms with Gasteiger partial charge < -0.3 is 10.2 Å². The van der Waals surface area contributed by atoms with Gasteiger partial charge in [0.1, 0.15) is 11.5 Å². The lowest BCUT2D eigenvalue weighted by Crippen LogP contribution is -1.94. The third kappa shape index (κ3) is 1.47. The molecule has 14 heavy (non-hydrogen) atoms. The lowest BCUT2D eigenvalue weighted by atomic mass is 10.2. The molecule has 1 aliphatic heterocycles. The normalized spacial score (nSPS) is 14.6. The highest BCUT2D eigenvalue weighted by atomic mass is 32.1. The molecule has 2 N–H and O–H groups in total. The Bertz CT molecular complexity index is 468. The number of phenols is 2. The van der Waals surface area contributed by atoms with Gasteiger partial charge in [0.05, 0.1) is 5.56 Å². The second kappa shape index (κ2) is 3.15. The quantitative estimate of drug-likeness (QED) is 0.686. The molecule has 0 atom stereocenters. The first-order valence-electron chi connectivity index (χ1n) is 3.73. The molecule has 0 amide bonds. The largest absolute Gasteiger partial charge is 0.508 e. The highest BCUT2D eigenvalue weighted by Gasteiger charge is 2.13. The SMILES string of the molecule is Oc1ccc(C2=NC(=S)N=N2)c(O)c1. The number of phenolic OH excluding ortho intramolecular Hbond substituents is 2. The van der Waals surface area contributed by atoms with Gasteiger partial charge in [0.15, 0.2) is 5.84 Å². The summed E-state index contributed by atoms with van der Waals surface area (Å²) in [7, 11) is 0. The summed E-state index contributed by atoms with van der Waals surface area (Å²) >= 11 is 4.69. The first-order chi connectivity index (χ1) is 6.66. The van der Waals surface area contributed by atoms with E-state index in [0.717, 1.165) is 0 Å². The van der Waals surface area contributed by atoms with Gasteiger partial charge in [-0.05, 0) is 24.4 Å². The standard InChI is InChI=1S/C8H5N3O2S/c12-4-1-2-5(6(13)3-4)7-9-8(14)11-10-7/h1-3,12-13H. The fourth-order valence-corrected chi connectivity index (χ4v) is 1.18. The monoisotopic (exact) mass is 207 g/mol. The van der Waals surface area contributed by atoms with Crippen LogP contribution < -0.4 is 0 Å². The lowest BCUT2D eigenvalue weighted by molar-refractivity contribution is 0.450. The van der Waals surface area contributed by atoms with E-state index in [4.69, 9.17) is 5.11 Å². The molecule has 0 unspecified atom stereocenters. The van der Waals surface area contributed by atoms with Crippen LogP contribution >= 0.6 is 12.2 Å². The fourth-order valence-electron chi connectivity index (χ4n) is 1.05. The lowest BCUT2D eigenvalue weighted by Gasteiger charge is -2.00. The van der Waals surface area contributed by atoms with E-state index in [1.54, 1.807) is 0 Å². The van der Waals surface area contributed by atoms with E-state index in [0.29, 0.717) is 5.56 Å². The topological polar surface area (TPSA) is 77.5 Å². The Balaban J connectivity index is 2.48. The van der Waals surface area contributed by atoms with Crippen molar-refractivity contribution in [3.63, 3.8) is 0 Å². The summed E-state index contributed by atoms with van der Waals surface area (Å²) in [6.07, 6.45) is 0. The molecule has 1 aliphatic rings. The molecule has 1 heterocycles. The van der Waals surface area contributed by atoms with Gasteiger partial charge in [0, 0.05) is 6.07 Å². The highest BCUT2D eigenvalue weighted by molar-refractivity contribution is 7.80. The van der Waals surface area contributed by atoms with Crippen LogP contribution in [0.25, 0.3) is 0 Å². The first-order valence-corrected chi connectivity index (χ1v) is 4.14. The fraction of sp³-hybridized carbons (Fsp3) is 0. The molecule has 0 saturated heterocycles. The number of nitrogens with zero attached hydrogens (tertiary/aromatic N) is 3. The van der Waals surface area contributed by atoms with Crippen LogP contribution in [0.4, 0.5) is 0 Å². The Labute approximate surface area is 84.4 Å². The summed E-state index contributed by atoms with van der Waals surface area (Å²) in [4.78, 5) is 3.82. The van der Waals surface area contributed by atoms with Crippen LogP contribution in [-0.4, -0.2) is 21.2 Å². The van der Waals surface area contributed by atoms with Gasteiger partial charge in [-0.2, -0.15) is 4.99 Å². The molecular formula is C8H5N3O2S. The third-order valence-electron chi connectivity index (χ3n) is 1.65. The number of amidine groups is 1. The van der Waals surface area contributed by atoms with Gasteiger partial charge in [-0.25, -0.2) is 0 Å². The van der Waals surface area contributed by atoms with Crippen LogP contribution in [0.15, 0.2) is 33.4 Å². The number of hydrogen-bond donors (Lipinski definition) is 2. The Morgan fingerprint density at radius 3 is 2.50 bits per heavy atom. The minimum Gasteiger partial charge on any atom is -0.508 e. The van der Waals surface area contributed by atoms with Gasteiger partial charge in [0.2, 0.25) is 5.11 Å². The minimum absolute atomic E-state index is 0.0237. The average Bonchev–Trinajstić information content (AvgIpc) is 2.51. The van der Waals surface area contributed by atoms with Crippen molar-refractivity contribution >= 4 is 23.2 Å². The van der Waals surface area contributed by atoms with E-state index in [1.807, 2.05) is 0 Å². The summed E-state index contributed by atoms with van der Waals surface area (Å²) in [5.74, 6) is 0.129. The molecule has 1 aromatic carbocycles. The van der Waals surface area contributed by atoms with Crippen LogP contribution in [-0.2, 0) is 0 Å². The number of azo groups is 1. The maximum absolute atomic E-state index is 9.45. The summed E-state index contributed by atoms with van der Waals surface area (Å²) in [5.41, 5.74) is 0.395. The number of benzene rings is 1. The Kier molecular flexibility index (Phi) is 1.97. The zero-order chi connectivity index (χ0) is 10.1. The van der Waals surface area contributed by atoms with E-state index in [-0.39, 0.29) is 22.4 Å². The number of thiocarbonyl (C=S) groups is 1. The minimum atomic E-state index is -0.104. The highest BCUT2D eigenvalue weighted by Crippen LogP contribution is 2.24. The van der Waals surface area contributed by atoms with E-state index < -0.39 is 0 Å². The van der Waals surface area contributed by atoms with Gasteiger partial charge in [0.25, 0.3) is 0 Å². The molecule has 2 rings (SSSR count). The van der Waals surface area contributed by atoms with Crippen LogP contribution in [0.1, 0.15) is 5.56 Å². The van der Waals surface area contributed by atoms with Crippen molar-refractivity contribution in [3.05, 3.63) is 23.8 Å². The molecule has 0 spiro atoms. The van der Waals surface area contributed by atoms with Gasteiger partial charge in [-0.3, -0.25) is 0 Å². The van der Waals surface area contributed by atoms with Crippen molar-refractivity contribution in [1.29, 1.82) is 0 Å². The molecule has 70 valence electrons. The first kappa shape index (κ1) is 8.76. The Morgan fingerprint density at radius 1 is 1.14 bits per heavy atom. The zero-order valence-electron chi connectivity index (χ0n) is 6.88. The maximum atomic E-state index is 9.45. The zero-order valence-corrected chi connectivity index (χ0v) is 7.69. The molecule has 1 aromatic rings. The van der Waals surface area contributed by atoms with E-state index in [9.17, 15) is 5.11 Å². The van der Waals surface area contributed by atoms with E-state index >= 15 is 0 Å². The third-order valence-corrected chi connectivity index (χ3v) is 1.83. The summed E-state index contributed by atoms with van der Waals surface area (Å²) in [6.45, 7) is 0. The van der Waals surface area contributed by atoms with Crippen molar-refractivity contribution in [1.82, 2.24) is 0 Å². The molecule has 0 aliphatic carbocycles. The van der Waals surface area contributed by atoms with Crippen molar-refractivity contribution in [2.75, 3.05) is 0 Å². The van der Waals surface area contributed by atoms with Crippen LogP contribution in [0.5, 0.6) is 11.5 Å². The smallest absolute Gasteiger partial charge is 0.242 e. The molecule has 5 nitrogen and oxygen atoms in total. The van der Waals surface area contributed by atoms with Crippen LogP contribution in [0, 0.1) is 0 Å². The maximum Gasteiger partial charge on any atom is 0.242 e. The van der Waals surface area contributed by atoms with Crippen molar-refractivity contribution < 1.29 is 10.2 Å². The van der Waals surface area contributed by atoms with Crippen molar-refractivity contribution in [2.45, 2.75) is 0 Å². The predicted octanol–water partition coefficient (Wildman–Crippen LogP) is 1.60. The number of aromatic hydroxyl groups is 2. The molecule has 6 heteroatoms. The summed E-state index contributed by atoms with van der Waals surface area (Å²) in [6, 6.07) is 4.12. The van der Waals surface area contributed by atoms with E-state index in [1.165, 1.54) is 18.2 Å². The Morgan fingerprint density at radius 2 is 1.93 bits per heavy atom. The second-order valence-electron chi connectivity index (χ2n) is 2.62. The summed E-state index contributed by atoms with van der Waals surface area (Å²) < 4.78 is 0. The molecule has 0 saturated carbocycles. The molecular weight excluding hydrogens is 202 g/mol. The van der Waals surface area contributed by atoms with Crippen LogP contribution in [0.2, 0.25) is 0 Å². The van der Waals surface area contributed by atoms with Gasteiger partial charge in [-0.1, -0.05) is 0 Å². The second-order valence-corrected chi connectivity index (χ2v) is 2.98. The number of aliphatic imine (C=N–C) groups is 1. The number of rotatable bonds is 1. The molecule has 0 fully saturated rings. The van der Waals surface area contributed by atoms with Crippen LogP contribution in [0.3, 0.4) is 0 Å². The summed E-state index contributed by atoms with van der Waals surface area (Å²) in [5, 5.41) is 25.8. The predicted molar refractivity (Wildman–Crippen MR) is 53.8 cm³/mol. The average molecular weight is 207 g/mol. The molecule has 0 aromatic heterocycles. The van der Waals surface area contributed by atoms with Crippen molar-refractivity contribution in [3.8, 4) is 11.5 Å². The Hall–Kier alpha value is -1.82.